The second-order valence-corrected chi connectivity index (χ2v) is 8.73. The molecule has 0 fully saturated rings. The first kappa shape index (κ1) is 17.1. The zero-order valence-electron chi connectivity index (χ0n) is 14.0. The lowest BCUT2D eigenvalue weighted by atomic mass is 10.2. The van der Waals surface area contributed by atoms with Crippen LogP contribution in [0.2, 0.25) is 0 Å². The number of aryl methyl sites for hydroxylation is 2. The van der Waals surface area contributed by atoms with Crippen LogP contribution in [-0.2, 0) is 12.8 Å². The Morgan fingerprint density at radius 2 is 2.27 bits per heavy atom. The summed E-state index contributed by atoms with van der Waals surface area (Å²) in [7, 11) is 1.83. The van der Waals surface area contributed by atoms with Crippen molar-refractivity contribution >= 4 is 56.5 Å². The summed E-state index contributed by atoms with van der Waals surface area (Å²) < 4.78 is 2.53. The van der Waals surface area contributed by atoms with E-state index in [2.05, 4.69) is 37.0 Å². The molecule has 132 valence electrons. The summed E-state index contributed by atoms with van der Waals surface area (Å²) in [5, 5.41) is 18.7. The molecule has 1 N–H and O–H groups in total. The molecule has 7 nitrogen and oxygen atoms in total. The first-order valence-electron chi connectivity index (χ1n) is 7.69. The predicted molar refractivity (Wildman–Crippen MR) is 105 cm³/mol. The molecule has 0 aliphatic carbocycles. The molecule has 4 rings (SSSR count). The zero-order valence-corrected chi connectivity index (χ0v) is 16.4. The average Bonchev–Trinajstić information content (AvgIpc) is 3.35. The summed E-state index contributed by atoms with van der Waals surface area (Å²) in [5.41, 5.74) is 2.06. The number of nitrogens with one attached hydrogen (secondary N) is 1. The molecule has 4 heterocycles. The van der Waals surface area contributed by atoms with Gasteiger partial charge in [-0.15, -0.1) is 21.5 Å². The third kappa shape index (κ3) is 3.48. The van der Waals surface area contributed by atoms with Gasteiger partial charge in [0.2, 0.25) is 5.13 Å². The van der Waals surface area contributed by atoms with Gasteiger partial charge in [0.05, 0.1) is 11.3 Å². The fourth-order valence-electron chi connectivity index (χ4n) is 2.45. The molecule has 0 saturated carbocycles. The van der Waals surface area contributed by atoms with Gasteiger partial charge >= 0.3 is 0 Å². The molecule has 0 aliphatic rings. The number of carbonyl (C=O) groups excluding carboxylic acids is 1. The van der Waals surface area contributed by atoms with Crippen LogP contribution in [0.1, 0.15) is 20.9 Å². The molecule has 0 bridgehead atoms. The highest BCUT2D eigenvalue weighted by Gasteiger charge is 2.14. The fourth-order valence-corrected chi connectivity index (χ4v) is 4.97. The quantitative estimate of drug-likeness (QED) is 0.404. The van der Waals surface area contributed by atoms with Crippen molar-refractivity contribution in [3.63, 3.8) is 0 Å². The predicted octanol–water partition coefficient (Wildman–Crippen LogP) is 3.73. The van der Waals surface area contributed by atoms with Gasteiger partial charge in [0.25, 0.3) is 5.91 Å². The smallest absolute Gasteiger partial charge is 0.259 e. The van der Waals surface area contributed by atoms with E-state index in [0.717, 1.165) is 26.8 Å². The Balaban J connectivity index is 1.45. The van der Waals surface area contributed by atoms with Crippen LogP contribution in [0, 0.1) is 6.92 Å². The molecule has 4 aromatic rings. The van der Waals surface area contributed by atoms with E-state index < -0.39 is 0 Å². The summed E-state index contributed by atoms with van der Waals surface area (Å²) in [4.78, 5) is 18.1. The third-order valence-corrected chi connectivity index (χ3v) is 6.75. The minimum Gasteiger partial charge on any atom is -0.296 e. The Kier molecular flexibility index (Phi) is 4.70. The van der Waals surface area contributed by atoms with Crippen LogP contribution in [0.3, 0.4) is 0 Å². The summed E-state index contributed by atoms with van der Waals surface area (Å²) in [5.74, 6) is 0.592. The maximum atomic E-state index is 12.5. The van der Waals surface area contributed by atoms with Gasteiger partial charge in [0.15, 0.2) is 9.99 Å². The lowest BCUT2D eigenvalue weighted by molar-refractivity contribution is 0.102. The highest BCUT2D eigenvalue weighted by atomic mass is 32.2. The minimum atomic E-state index is -0.256. The van der Waals surface area contributed by atoms with Gasteiger partial charge < -0.3 is 0 Å². The van der Waals surface area contributed by atoms with Crippen LogP contribution in [0.15, 0.2) is 34.1 Å². The molecular formula is C16H14N6OS3. The molecule has 0 spiro atoms. The lowest BCUT2D eigenvalue weighted by Crippen LogP contribution is -2.12. The van der Waals surface area contributed by atoms with Crippen molar-refractivity contribution in [2.75, 3.05) is 5.32 Å². The molecule has 4 aromatic heterocycles. The van der Waals surface area contributed by atoms with E-state index in [-0.39, 0.29) is 5.91 Å². The Morgan fingerprint density at radius 3 is 3.08 bits per heavy atom. The number of anilines is 1. The number of hydrogen-bond donors (Lipinski definition) is 1. The molecule has 0 aromatic carbocycles. The minimum absolute atomic E-state index is 0.256. The average molecular weight is 403 g/mol. The Morgan fingerprint density at radius 1 is 1.38 bits per heavy atom. The Bertz CT molecular complexity index is 1070. The van der Waals surface area contributed by atoms with E-state index in [9.17, 15) is 4.79 Å². The van der Waals surface area contributed by atoms with E-state index in [4.69, 9.17) is 0 Å². The van der Waals surface area contributed by atoms with Crippen molar-refractivity contribution in [2.45, 2.75) is 17.0 Å². The van der Waals surface area contributed by atoms with Gasteiger partial charge in [-0.3, -0.25) is 14.8 Å². The SMILES string of the molecule is Cc1nn(C)c2ncc(C(=O)Nc3nnc(SCc4cccs4)s3)cc12. The zero-order chi connectivity index (χ0) is 18.1. The monoisotopic (exact) mass is 402 g/mol. The van der Waals surface area contributed by atoms with Crippen LogP contribution in [0.5, 0.6) is 0 Å². The van der Waals surface area contributed by atoms with E-state index in [0.29, 0.717) is 10.7 Å². The van der Waals surface area contributed by atoms with E-state index in [1.807, 2.05) is 20.0 Å². The highest BCUT2D eigenvalue weighted by Crippen LogP contribution is 2.29. The van der Waals surface area contributed by atoms with Crippen LogP contribution in [-0.4, -0.2) is 30.9 Å². The molecule has 0 unspecified atom stereocenters. The Labute approximate surface area is 161 Å². The molecular weight excluding hydrogens is 388 g/mol. The van der Waals surface area contributed by atoms with E-state index in [1.165, 1.54) is 16.2 Å². The summed E-state index contributed by atoms with van der Waals surface area (Å²) >= 11 is 4.69. The Hall–Kier alpha value is -2.30. The summed E-state index contributed by atoms with van der Waals surface area (Å²) in [6, 6.07) is 5.92. The van der Waals surface area contributed by atoms with Crippen LogP contribution in [0.4, 0.5) is 5.13 Å². The molecule has 26 heavy (non-hydrogen) atoms. The standard InChI is InChI=1S/C16H14N6OS3/c1-9-12-6-10(7-17-13(12)22(2)21-9)14(23)18-15-19-20-16(26-15)25-8-11-4-3-5-24-11/h3-7H,8H2,1-2H3,(H,18,19,23). The van der Waals surface area contributed by atoms with Gasteiger partial charge in [0.1, 0.15) is 0 Å². The molecule has 10 heteroatoms. The van der Waals surface area contributed by atoms with Gasteiger partial charge in [-0.05, 0) is 24.4 Å². The number of thioether (sulfide) groups is 1. The molecule has 0 aliphatic heterocycles. The summed E-state index contributed by atoms with van der Waals surface area (Å²) in [6.07, 6.45) is 1.55. The van der Waals surface area contributed by atoms with Crippen molar-refractivity contribution in [3.8, 4) is 0 Å². The lowest BCUT2D eigenvalue weighted by Gasteiger charge is -2.01. The first-order valence-corrected chi connectivity index (χ1v) is 10.4. The van der Waals surface area contributed by atoms with Gasteiger partial charge in [0, 0.05) is 29.3 Å². The largest absolute Gasteiger partial charge is 0.296 e. The number of fused-ring (bicyclic) bond motifs is 1. The van der Waals surface area contributed by atoms with E-state index in [1.54, 1.807) is 40.0 Å². The number of amides is 1. The van der Waals surface area contributed by atoms with Crippen molar-refractivity contribution in [2.24, 2.45) is 7.05 Å². The van der Waals surface area contributed by atoms with E-state index >= 15 is 0 Å². The second kappa shape index (κ2) is 7.14. The first-order chi connectivity index (χ1) is 12.6. The van der Waals surface area contributed by atoms with Crippen molar-refractivity contribution in [1.29, 1.82) is 0 Å². The van der Waals surface area contributed by atoms with Gasteiger partial charge in [-0.1, -0.05) is 29.2 Å². The maximum absolute atomic E-state index is 12.5. The summed E-state index contributed by atoms with van der Waals surface area (Å²) in [6.45, 7) is 1.90. The molecule has 0 saturated heterocycles. The van der Waals surface area contributed by atoms with Gasteiger partial charge in [-0.2, -0.15) is 5.10 Å². The molecule has 0 atom stereocenters. The van der Waals surface area contributed by atoms with Gasteiger partial charge in [-0.25, -0.2) is 4.98 Å². The number of carbonyl (C=O) groups is 1. The van der Waals surface area contributed by atoms with Crippen molar-refractivity contribution < 1.29 is 4.79 Å². The van der Waals surface area contributed by atoms with Crippen molar-refractivity contribution in [3.05, 3.63) is 45.9 Å². The maximum Gasteiger partial charge on any atom is 0.259 e. The number of hydrogen-bond acceptors (Lipinski definition) is 8. The normalized spacial score (nSPS) is 11.2. The number of rotatable bonds is 5. The van der Waals surface area contributed by atoms with Crippen LogP contribution < -0.4 is 5.32 Å². The highest BCUT2D eigenvalue weighted by molar-refractivity contribution is 8.00. The number of pyridine rings is 1. The topological polar surface area (TPSA) is 85.6 Å². The number of nitrogens with zero attached hydrogens (tertiary/aromatic N) is 5. The second-order valence-electron chi connectivity index (χ2n) is 5.50. The van der Waals surface area contributed by atoms with Crippen molar-refractivity contribution in [1.82, 2.24) is 25.0 Å². The third-order valence-electron chi connectivity index (χ3n) is 3.67. The number of aromatic nitrogens is 5. The van der Waals surface area contributed by atoms with Crippen LogP contribution >= 0.6 is 34.4 Å². The fraction of sp³-hybridized carbons (Fsp3) is 0.188. The van der Waals surface area contributed by atoms with Crippen LogP contribution in [0.25, 0.3) is 11.0 Å². The molecule has 1 amide bonds. The molecule has 0 radical (unpaired) electrons. The number of thiophene rings is 1.